The summed E-state index contributed by atoms with van der Waals surface area (Å²) < 4.78 is 0. The molecule has 0 heterocycles. The van der Waals surface area contributed by atoms with Gasteiger partial charge < -0.3 is 11.1 Å². The zero-order valence-electron chi connectivity index (χ0n) is 7.08. The van der Waals surface area contributed by atoms with Crippen molar-refractivity contribution in [2.45, 2.75) is 6.54 Å². The molecule has 1 amide bonds. The molecule has 0 aromatic heterocycles. The number of anilines is 1. The molecule has 3 N–H and O–H groups in total. The van der Waals surface area contributed by atoms with Crippen LogP contribution in [0.15, 0.2) is 24.3 Å². The zero-order chi connectivity index (χ0) is 9.68. The Morgan fingerprint density at radius 2 is 2.23 bits per heavy atom. The fourth-order valence-electron chi connectivity index (χ4n) is 0.979. The first kappa shape index (κ1) is 9.30. The summed E-state index contributed by atoms with van der Waals surface area (Å²) >= 11 is 0. The van der Waals surface area contributed by atoms with Gasteiger partial charge in [-0.15, -0.1) is 6.42 Å². The lowest BCUT2D eigenvalue weighted by molar-refractivity contribution is -0.111. The number of amides is 1. The second-order valence-corrected chi connectivity index (χ2v) is 2.46. The third-order valence-corrected chi connectivity index (χ3v) is 1.62. The number of nitrogens with one attached hydrogen (secondary N) is 1. The molecule has 13 heavy (non-hydrogen) atoms. The molecule has 1 rings (SSSR count). The molecule has 0 atom stereocenters. The quantitative estimate of drug-likeness (QED) is 0.649. The Balaban J connectivity index is 2.88. The van der Waals surface area contributed by atoms with Gasteiger partial charge in [-0.05, 0) is 17.6 Å². The van der Waals surface area contributed by atoms with Gasteiger partial charge in [0, 0.05) is 12.2 Å². The average Bonchev–Trinajstić information content (AvgIpc) is 2.18. The second kappa shape index (κ2) is 4.29. The Kier molecular flexibility index (Phi) is 3.07. The van der Waals surface area contributed by atoms with E-state index in [0.29, 0.717) is 12.2 Å². The van der Waals surface area contributed by atoms with E-state index in [1.807, 2.05) is 24.1 Å². The SMILES string of the molecule is C#CC(=O)Nc1ccccc1CN. The van der Waals surface area contributed by atoms with Gasteiger partial charge in [0.15, 0.2) is 0 Å². The van der Waals surface area contributed by atoms with Crippen LogP contribution in [0.2, 0.25) is 0 Å². The first-order valence-corrected chi connectivity index (χ1v) is 3.83. The van der Waals surface area contributed by atoms with E-state index in [0.717, 1.165) is 5.56 Å². The molecule has 3 heteroatoms. The van der Waals surface area contributed by atoms with Gasteiger partial charge >= 0.3 is 0 Å². The van der Waals surface area contributed by atoms with E-state index in [4.69, 9.17) is 12.2 Å². The van der Waals surface area contributed by atoms with Crippen LogP contribution in [0.25, 0.3) is 0 Å². The van der Waals surface area contributed by atoms with Crippen molar-refractivity contribution in [3.63, 3.8) is 0 Å². The molecular weight excluding hydrogens is 164 g/mol. The van der Waals surface area contributed by atoms with Crippen molar-refractivity contribution in [2.75, 3.05) is 5.32 Å². The predicted octanol–water partition coefficient (Wildman–Crippen LogP) is 0.717. The second-order valence-electron chi connectivity index (χ2n) is 2.46. The van der Waals surface area contributed by atoms with Crippen LogP contribution in [-0.4, -0.2) is 5.91 Å². The van der Waals surface area contributed by atoms with E-state index in [-0.39, 0.29) is 0 Å². The van der Waals surface area contributed by atoms with E-state index < -0.39 is 5.91 Å². The lowest BCUT2D eigenvalue weighted by Gasteiger charge is -2.06. The molecule has 1 aromatic rings. The Hall–Kier alpha value is -1.79. The number of hydrogen-bond acceptors (Lipinski definition) is 2. The smallest absolute Gasteiger partial charge is 0.300 e. The van der Waals surface area contributed by atoms with E-state index in [1.54, 1.807) is 6.07 Å². The average molecular weight is 174 g/mol. The molecule has 0 unspecified atom stereocenters. The Labute approximate surface area is 76.9 Å². The number of terminal acetylenes is 1. The maximum absolute atomic E-state index is 10.9. The van der Waals surface area contributed by atoms with Gasteiger partial charge in [-0.3, -0.25) is 4.79 Å². The predicted molar refractivity (Wildman–Crippen MR) is 51.8 cm³/mol. The summed E-state index contributed by atoms with van der Waals surface area (Å²) in [7, 11) is 0. The summed E-state index contributed by atoms with van der Waals surface area (Å²) in [6.45, 7) is 0.376. The van der Waals surface area contributed by atoms with E-state index in [2.05, 4.69) is 5.32 Å². The standard InChI is InChI=1S/C10H10N2O/c1-2-10(13)12-9-6-4-3-5-8(9)7-11/h1,3-6H,7,11H2,(H,12,13). The normalized spacial score (nSPS) is 8.92. The number of carbonyl (C=O) groups excluding carboxylic acids is 1. The van der Waals surface area contributed by atoms with Crippen molar-refractivity contribution < 1.29 is 4.79 Å². The van der Waals surface area contributed by atoms with E-state index >= 15 is 0 Å². The minimum atomic E-state index is -0.457. The molecule has 0 aliphatic rings. The van der Waals surface area contributed by atoms with E-state index in [1.165, 1.54) is 0 Å². The molecule has 66 valence electrons. The van der Waals surface area contributed by atoms with Crippen LogP contribution in [0.3, 0.4) is 0 Å². The molecule has 0 radical (unpaired) electrons. The minimum absolute atomic E-state index is 0.376. The summed E-state index contributed by atoms with van der Waals surface area (Å²) in [5.74, 6) is 1.52. The molecule has 0 spiro atoms. The summed E-state index contributed by atoms with van der Waals surface area (Å²) in [6, 6.07) is 7.27. The highest BCUT2D eigenvalue weighted by atomic mass is 16.1. The summed E-state index contributed by atoms with van der Waals surface area (Å²) in [4.78, 5) is 10.9. The van der Waals surface area contributed by atoms with Gasteiger partial charge in [-0.2, -0.15) is 0 Å². The van der Waals surface area contributed by atoms with Crippen molar-refractivity contribution in [2.24, 2.45) is 5.73 Å². The molecule has 0 bridgehead atoms. The highest BCUT2D eigenvalue weighted by molar-refractivity contribution is 6.03. The summed E-state index contributed by atoms with van der Waals surface area (Å²) in [5.41, 5.74) is 7.01. The van der Waals surface area contributed by atoms with Crippen molar-refractivity contribution in [3.05, 3.63) is 29.8 Å². The van der Waals surface area contributed by atoms with Crippen LogP contribution in [0.5, 0.6) is 0 Å². The lowest BCUT2D eigenvalue weighted by atomic mass is 10.2. The van der Waals surface area contributed by atoms with Crippen LogP contribution in [0.4, 0.5) is 5.69 Å². The maximum atomic E-state index is 10.9. The van der Waals surface area contributed by atoms with Crippen LogP contribution >= 0.6 is 0 Å². The first-order valence-electron chi connectivity index (χ1n) is 3.83. The monoisotopic (exact) mass is 174 g/mol. The number of nitrogens with two attached hydrogens (primary N) is 1. The number of para-hydroxylation sites is 1. The largest absolute Gasteiger partial charge is 0.326 e. The van der Waals surface area contributed by atoms with Crippen molar-refractivity contribution in [3.8, 4) is 12.3 Å². The zero-order valence-corrected chi connectivity index (χ0v) is 7.08. The molecule has 0 fully saturated rings. The number of benzene rings is 1. The Morgan fingerprint density at radius 1 is 1.54 bits per heavy atom. The molecule has 1 aromatic carbocycles. The molecule has 0 aliphatic carbocycles. The third kappa shape index (κ3) is 2.32. The van der Waals surface area contributed by atoms with Crippen LogP contribution in [0, 0.1) is 12.3 Å². The van der Waals surface area contributed by atoms with Crippen LogP contribution in [0.1, 0.15) is 5.56 Å². The Bertz CT molecular complexity index is 352. The molecule has 0 saturated carbocycles. The molecular formula is C10H10N2O. The maximum Gasteiger partial charge on any atom is 0.300 e. The molecule has 0 aliphatic heterocycles. The van der Waals surface area contributed by atoms with Crippen LogP contribution < -0.4 is 11.1 Å². The summed E-state index contributed by atoms with van der Waals surface area (Å²) in [5, 5.41) is 2.56. The van der Waals surface area contributed by atoms with E-state index in [9.17, 15) is 4.79 Å². The topological polar surface area (TPSA) is 55.1 Å². The third-order valence-electron chi connectivity index (χ3n) is 1.62. The van der Waals surface area contributed by atoms with Gasteiger partial charge in [-0.1, -0.05) is 18.2 Å². The van der Waals surface area contributed by atoms with Gasteiger partial charge in [0.1, 0.15) is 0 Å². The lowest BCUT2D eigenvalue weighted by Crippen LogP contribution is -2.11. The van der Waals surface area contributed by atoms with Gasteiger partial charge in [0.25, 0.3) is 5.91 Å². The Morgan fingerprint density at radius 3 is 2.85 bits per heavy atom. The highest BCUT2D eigenvalue weighted by Crippen LogP contribution is 2.13. The number of rotatable bonds is 2. The highest BCUT2D eigenvalue weighted by Gasteiger charge is 2.01. The van der Waals surface area contributed by atoms with Gasteiger partial charge in [-0.25, -0.2) is 0 Å². The van der Waals surface area contributed by atoms with Gasteiger partial charge in [0.05, 0.1) is 0 Å². The molecule has 3 nitrogen and oxygen atoms in total. The van der Waals surface area contributed by atoms with Crippen molar-refractivity contribution in [1.82, 2.24) is 0 Å². The van der Waals surface area contributed by atoms with Gasteiger partial charge in [0.2, 0.25) is 0 Å². The van der Waals surface area contributed by atoms with Crippen LogP contribution in [-0.2, 0) is 11.3 Å². The van der Waals surface area contributed by atoms with Crippen molar-refractivity contribution in [1.29, 1.82) is 0 Å². The molecule has 0 saturated heterocycles. The first-order chi connectivity index (χ1) is 6.27. The summed E-state index contributed by atoms with van der Waals surface area (Å²) in [6.07, 6.45) is 4.92. The van der Waals surface area contributed by atoms with Crippen molar-refractivity contribution >= 4 is 11.6 Å². The number of carbonyl (C=O) groups is 1. The minimum Gasteiger partial charge on any atom is -0.326 e. The number of hydrogen-bond donors (Lipinski definition) is 2. The fourth-order valence-corrected chi connectivity index (χ4v) is 0.979. The fraction of sp³-hybridized carbons (Fsp3) is 0.100.